The molecule has 4 heteroatoms. The molecule has 0 saturated carbocycles. The lowest BCUT2D eigenvalue weighted by molar-refractivity contribution is -0.118. The highest BCUT2D eigenvalue weighted by Crippen LogP contribution is 2.29. The molecule has 1 N–H and O–H groups in total. The lowest BCUT2D eigenvalue weighted by Crippen LogP contribution is -2.28. The Kier molecular flexibility index (Phi) is 3.54. The first-order valence-electron chi connectivity index (χ1n) is 5.76. The van der Waals surface area contributed by atoms with Crippen molar-refractivity contribution in [2.45, 2.75) is 12.8 Å². The molecule has 0 aliphatic carbocycles. The summed E-state index contributed by atoms with van der Waals surface area (Å²) in [5, 5.41) is 3.10. The lowest BCUT2D eigenvalue weighted by atomic mass is 10.1. The van der Waals surface area contributed by atoms with Crippen LogP contribution in [0.25, 0.3) is 0 Å². The van der Waals surface area contributed by atoms with Crippen LogP contribution in [0, 0.1) is 0 Å². The van der Waals surface area contributed by atoms with Crippen LogP contribution in [-0.2, 0) is 22.4 Å². The number of benzene rings is 1. The van der Waals surface area contributed by atoms with Gasteiger partial charge in [0, 0.05) is 5.69 Å². The summed E-state index contributed by atoms with van der Waals surface area (Å²) in [4.78, 5) is 23.8. The number of amides is 1. The number of likely N-dealkylation sites (N-methyl/N-ethyl adjacent to an activating group) is 1. The van der Waals surface area contributed by atoms with E-state index in [0.29, 0.717) is 6.42 Å². The minimum atomic E-state index is 0.0119. The topological polar surface area (TPSA) is 49.4 Å². The van der Waals surface area contributed by atoms with E-state index in [1.807, 2.05) is 19.2 Å². The van der Waals surface area contributed by atoms with Crippen molar-refractivity contribution in [1.82, 2.24) is 5.32 Å². The average Bonchev–Trinajstić information content (AvgIpc) is 2.63. The standard InChI is InChI=1S/C13H16N2O2/c1-14-5-4-10-2-3-12-11(8-10)9-13(17)15(12)6-7-16/h2-3,7-8,14H,4-6,9H2,1H3. The molecule has 0 unspecified atom stereocenters. The van der Waals surface area contributed by atoms with Crippen molar-refractivity contribution in [2.75, 3.05) is 25.0 Å². The first kappa shape index (κ1) is 11.8. The fourth-order valence-corrected chi connectivity index (χ4v) is 2.14. The van der Waals surface area contributed by atoms with E-state index >= 15 is 0 Å². The molecule has 1 aromatic rings. The quantitative estimate of drug-likeness (QED) is 0.754. The molecule has 0 bridgehead atoms. The summed E-state index contributed by atoms with van der Waals surface area (Å²) >= 11 is 0. The third-order valence-electron chi connectivity index (χ3n) is 3.00. The van der Waals surface area contributed by atoms with Crippen LogP contribution < -0.4 is 10.2 Å². The maximum atomic E-state index is 11.7. The molecule has 1 heterocycles. The first-order valence-corrected chi connectivity index (χ1v) is 5.76. The van der Waals surface area contributed by atoms with Crippen LogP contribution in [0.3, 0.4) is 0 Å². The van der Waals surface area contributed by atoms with Crippen molar-refractivity contribution in [3.63, 3.8) is 0 Å². The predicted octanol–water partition coefficient (Wildman–Crippen LogP) is 0.536. The largest absolute Gasteiger partial charge is 0.319 e. The van der Waals surface area contributed by atoms with E-state index in [1.165, 1.54) is 5.56 Å². The Morgan fingerprint density at radius 2 is 2.29 bits per heavy atom. The first-order chi connectivity index (χ1) is 8.26. The maximum absolute atomic E-state index is 11.7. The molecule has 1 aromatic carbocycles. The SMILES string of the molecule is CNCCc1ccc2c(c1)CC(=O)N2CC=O. The van der Waals surface area contributed by atoms with Crippen molar-refractivity contribution in [3.8, 4) is 0 Å². The third kappa shape index (κ3) is 2.36. The molecule has 90 valence electrons. The van der Waals surface area contributed by atoms with Crippen LogP contribution in [0.2, 0.25) is 0 Å². The number of fused-ring (bicyclic) bond motifs is 1. The highest BCUT2D eigenvalue weighted by Gasteiger charge is 2.26. The summed E-state index contributed by atoms with van der Waals surface area (Å²) in [6, 6.07) is 6.02. The number of nitrogens with zero attached hydrogens (tertiary/aromatic N) is 1. The fraction of sp³-hybridized carbons (Fsp3) is 0.385. The van der Waals surface area contributed by atoms with E-state index in [9.17, 15) is 9.59 Å². The molecule has 0 radical (unpaired) electrons. The van der Waals surface area contributed by atoms with E-state index in [0.717, 1.165) is 30.5 Å². The minimum Gasteiger partial charge on any atom is -0.319 e. The number of nitrogens with one attached hydrogen (secondary N) is 1. The molecule has 0 atom stereocenters. The molecule has 1 aliphatic heterocycles. The molecule has 2 rings (SSSR count). The summed E-state index contributed by atoms with van der Waals surface area (Å²) in [7, 11) is 1.92. The number of carbonyl (C=O) groups excluding carboxylic acids is 2. The lowest BCUT2D eigenvalue weighted by Gasteiger charge is -2.13. The Morgan fingerprint density at radius 1 is 1.47 bits per heavy atom. The number of rotatable bonds is 5. The molecule has 0 aromatic heterocycles. The van der Waals surface area contributed by atoms with Gasteiger partial charge in [0.2, 0.25) is 5.91 Å². The zero-order chi connectivity index (χ0) is 12.3. The van der Waals surface area contributed by atoms with Crippen molar-refractivity contribution in [3.05, 3.63) is 29.3 Å². The molecule has 1 aliphatic rings. The van der Waals surface area contributed by atoms with Gasteiger partial charge >= 0.3 is 0 Å². The van der Waals surface area contributed by atoms with Crippen molar-refractivity contribution in [2.24, 2.45) is 0 Å². The molecular weight excluding hydrogens is 216 g/mol. The molecule has 0 spiro atoms. The van der Waals surface area contributed by atoms with E-state index in [-0.39, 0.29) is 12.5 Å². The Bertz CT molecular complexity index is 443. The van der Waals surface area contributed by atoms with Gasteiger partial charge in [-0.2, -0.15) is 0 Å². The minimum absolute atomic E-state index is 0.0119. The third-order valence-corrected chi connectivity index (χ3v) is 3.00. The highest BCUT2D eigenvalue weighted by molar-refractivity contribution is 6.03. The van der Waals surface area contributed by atoms with E-state index < -0.39 is 0 Å². The van der Waals surface area contributed by atoms with Gasteiger partial charge in [0.1, 0.15) is 6.29 Å². The van der Waals surface area contributed by atoms with Crippen LogP contribution >= 0.6 is 0 Å². The summed E-state index contributed by atoms with van der Waals surface area (Å²) in [5.41, 5.74) is 3.14. The number of aldehydes is 1. The van der Waals surface area contributed by atoms with Gasteiger partial charge in [-0.15, -0.1) is 0 Å². The molecular formula is C13H16N2O2. The molecule has 0 fully saturated rings. The highest BCUT2D eigenvalue weighted by atomic mass is 16.2. The van der Waals surface area contributed by atoms with Crippen LogP contribution in [0.15, 0.2) is 18.2 Å². The second-order valence-electron chi connectivity index (χ2n) is 4.16. The Hall–Kier alpha value is -1.68. The van der Waals surface area contributed by atoms with Gasteiger partial charge < -0.3 is 15.0 Å². The fourth-order valence-electron chi connectivity index (χ4n) is 2.14. The van der Waals surface area contributed by atoms with Crippen molar-refractivity contribution in [1.29, 1.82) is 0 Å². The second kappa shape index (κ2) is 5.10. The van der Waals surface area contributed by atoms with Gasteiger partial charge in [-0.05, 0) is 37.2 Å². The van der Waals surface area contributed by atoms with Crippen LogP contribution in [-0.4, -0.2) is 32.3 Å². The molecule has 4 nitrogen and oxygen atoms in total. The smallest absolute Gasteiger partial charge is 0.231 e. The van der Waals surface area contributed by atoms with E-state index in [1.54, 1.807) is 4.90 Å². The Balaban J connectivity index is 2.21. The number of hydrogen-bond acceptors (Lipinski definition) is 3. The zero-order valence-electron chi connectivity index (χ0n) is 9.90. The van der Waals surface area contributed by atoms with Gasteiger partial charge in [0.25, 0.3) is 0 Å². The number of hydrogen-bond donors (Lipinski definition) is 1. The van der Waals surface area contributed by atoms with Crippen molar-refractivity contribution < 1.29 is 9.59 Å². The van der Waals surface area contributed by atoms with Crippen LogP contribution in [0.5, 0.6) is 0 Å². The number of anilines is 1. The van der Waals surface area contributed by atoms with Gasteiger partial charge in [-0.1, -0.05) is 12.1 Å². The van der Waals surface area contributed by atoms with E-state index in [4.69, 9.17) is 0 Å². The van der Waals surface area contributed by atoms with Gasteiger partial charge in [-0.25, -0.2) is 0 Å². The Labute approximate surface area is 101 Å². The summed E-state index contributed by atoms with van der Waals surface area (Å²) in [6.45, 7) is 1.08. The van der Waals surface area contributed by atoms with Crippen LogP contribution in [0.4, 0.5) is 5.69 Å². The summed E-state index contributed by atoms with van der Waals surface area (Å²) < 4.78 is 0. The second-order valence-corrected chi connectivity index (χ2v) is 4.16. The predicted molar refractivity (Wildman–Crippen MR) is 66.2 cm³/mol. The Morgan fingerprint density at radius 3 is 3.00 bits per heavy atom. The molecule has 1 amide bonds. The van der Waals surface area contributed by atoms with E-state index in [2.05, 4.69) is 11.4 Å². The zero-order valence-corrected chi connectivity index (χ0v) is 9.90. The average molecular weight is 232 g/mol. The molecule has 17 heavy (non-hydrogen) atoms. The summed E-state index contributed by atoms with van der Waals surface area (Å²) in [6.07, 6.45) is 2.13. The van der Waals surface area contributed by atoms with Crippen molar-refractivity contribution >= 4 is 17.9 Å². The van der Waals surface area contributed by atoms with Crippen LogP contribution in [0.1, 0.15) is 11.1 Å². The monoisotopic (exact) mass is 232 g/mol. The van der Waals surface area contributed by atoms with Gasteiger partial charge in [0.05, 0.1) is 13.0 Å². The van der Waals surface area contributed by atoms with Gasteiger partial charge in [0.15, 0.2) is 0 Å². The maximum Gasteiger partial charge on any atom is 0.231 e. The number of carbonyl (C=O) groups is 2. The molecule has 0 saturated heterocycles. The normalized spacial score (nSPS) is 13.9. The van der Waals surface area contributed by atoms with Gasteiger partial charge in [-0.3, -0.25) is 4.79 Å². The summed E-state index contributed by atoms with van der Waals surface area (Å²) in [5.74, 6) is 0.0119.